The first-order valence-corrected chi connectivity index (χ1v) is 8.43. The number of para-hydroxylation sites is 1. The number of anilines is 1. The van der Waals surface area contributed by atoms with E-state index < -0.39 is 0 Å². The van der Waals surface area contributed by atoms with Crippen LogP contribution in [-0.4, -0.2) is 28.3 Å². The van der Waals surface area contributed by atoms with Crippen LogP contribution in [0.5, 0.6) is 11.5 Å². The van der Waals surface area contributed by atoms with Gasteiger partial charge in [-0.1, -0.05) is 18.2 Å². The van der Waals surface area contributed by atoms with Gasteiger partial charge in [0.2, 0.25) is 12.7 Å². The Kier molecular flexibility index (Phi) is 4.33. The number of hydrogen-bond acceptors (Lipinski definition) is 5. The van der Waals surface area contributed by atoms with Gasteiger partial charge in [0, 0.05) is 17.8 Å². The maximum absolute atomic E-state index is 12.5. The number of amides is 1. The first-order chi connectivity index (χ1) is 13.1. The van der Waals surface area contributed by atoms with E-state index in [9.17, 15) is 9.59 Å². The number of rotatable bonds is 5. The monoisotopic (exact) mass is 363 g/mol. The molecular formula is C20H17N3O4. The van der Waals surface area contributed by atoms with Gasteiger partial charge in [-0.25, -0.2) is 4.68 Å². The largest absolute Gasteiger partial charge is 0.454 e. The molecule has 0 unspecified atom stereocenters. The van der Waals surface area contributed by atoms with E-state index in [1.165, 1.54) is 6.92 Å². The van der Waals surface area contributed by atoms with Crippen LogP contribution in [0.25, 0.3) is 5.69 Å². The SMILES string of the molecule is CC(=O)c1cc2c(cc1NC(=O)Cc1cnn(-c3ccccc3)c1)OCO2. The smallest absolute Gasteiger partial charge is 0.231 e. The first-order valence-electron chi connectivity index (χ1n) is 8.43. The van der Waals surface area contributed by atoms with Crippen LogP contribution < -0.4 is 14.8 Å². The molecule has 0 fully saturated rings. The van der Waals surface area contributed by atoms with Crippen molar-refractivity contribution in [3.63, 3.8) is 0 Å². The summed E-state index contributed by atoms with van der Waals surface area (Å²) in [7, 11) is 0. The Labute approximate surface area is 155 Å². The number of Topliss-reactive ketones (excluding diaryl/α,β-unsaturated/α-hetero) is 1. The van der Waals surface area contributed by atoms with E-state index >= 15 is 0 Å². The quantitative estimate of drug-likeness (QED) is 0.705. The third-order valence-electron chi connectivity index (χ3n) is 4.19. The van der Waals surface area contributed by atoms with E-state index in [4.69, 9.17) is 9.47 Å². The van der Waals surface area contributed by atoms with Crippen LogP contribution in [0.15, 0.2) is 54.9 Å². The van der Waals surface area contributed by atoms with Crippen molar-refractivity contribution in [2.75, 3.05) is 12.1 Å². The summed E-state index contributed by atoms with van der Waals surface area (Å²) in [5.41, 5.74) is 2.47. The van der Waals surface area contributed by atoms with E-state index in [2.05, 4.69) is 10.4 Å². The van der Waals surface area contributed by atoms with Gasteiger partial charge in [0.15, 0.2) is 17.3 Å². The third-order valence-corrected chi connectivity index (χ3v) is 4.19. The highest BCUT2D eigenvalue weighted by atomic mass is 16.7. The lowest BCUT2D eigenvalue weighted by Crippen LogP contribution is -2.16. The van der Waals surface area contributed by atoms with E-state index in [0.717, 1.165) is 11.3 Å². The van der Waals surface area contributed by atoms with Gasteiger partial charge in [-0.3, -0.25) is 9.59 Å². The minimum Gasteiger partial charge on any atom is -0.454 e. The Morgan fingerprint density at radius 3 is 2.63 bits per heavy atom. The second-order valence-electron chi connectivity index (χ2n) is 6.16. The Balaban J connectivity index is 1.50. The van der Waals surface area contributed by atoms with E-state index in [1.807, 2.05) is 30.3 Å². The number of hydrogen-bond donors (Lipinski definition) is 1. The van der Waals surface area contributed by atoms with E-state index in [1.54, 1.807) is 29.2 Å². The molecule has 0 saturated carbocycles. The number of carbonyl (C=O) groups excluding carboxylic acids is 2. The summed E-state index contributed by atoms with van der Waals surface area (Å²) in [6.45, 7) is 1.54. The highest BCUT2D eigenvalue weighted by Gasteiger charge is 2.20. The zero-order valence-electron chi connectivity index (χ0n) is 14.6. The standard InChI is InChI=1S/C20H17N3O4/c1-13(24)16-8-18-19(27-12-26-18)9-17(16)22-20(25)7-14-10-21-23(11-14)15-5-3-2-4-6-15/h2-6,8-11H,7,12H2,1H3,(H,22,25). The fourth-order valence-corrected chi connectivity index (χ4v) is 2.89. The van der Waals surface area contributed by atoms with Crippen LogP contribution in [0.1, 0.15) is 22.8 Å². The average Bonchev–Trinajstić information content (AvgIpc) is 3.30. The van der Waals surface area contributed by atoms with E-state index in [0.29, 0.717) is 22.7 Å². The van der Waals surface area contributed by atoms with E-state index in [-0.39, 0.29) is 24.9 Å². The molecule has 0 saturated heterocycles. The van der Waals surface area contributed by atoms with Crippen LogP contribution in [0, 0.1) is 0 Å². The molecule has 1 aliphatic rings. The number of nitrogens with zero attached hydrogens (tertiary/aromatic N) is 2. The molecule has 27 heavy (non-hydrogen) atoms. The van der Waals surface area contributed by atoms with Crippen molar-refractivity contribution < 1.29 is 19.1 Å². The van der Waals surface area contributed by atoms with Gasteiger partial charge in [0.25, 0.3) is 0 Å². The van der Waals surface area contributed by atoms with Gasteiger partial charge in [0.1, 0.15) is 0 Å². The highest BCUT2D eigenvalue weighted by Crippen LogP contribution is 2.37. The molecule has 0 spiro atoms. The minimum absolute atomic E-state index is 0.0999. The summed E-state index contributed by atoms with van der Waals surface area (Å²) < 4.78 is 12.3. The average molecular weight is 363 g/mol. The molecule has 1 amide bonds. The molecule has 0 radical (unpaired) electrons. The first kappa shape index (κ1) is 16.8. The molecule has 0 bridgehead atoms. The molecule has 7 nitrogen and oxygen atoms in total. The zero-order chi connectivity index (χ0) is 18.8. The van der Waals surface area contributed by atoms with Gasteiger partial charge < -0.3 is 14.8 Å². The third kappa shape index (κ3) is 3.52. The molecule has 7 heteroatoms. The molecule has 1 N–H and O–H groups in total. The number of carbonyl (C=O) groups is 2. The Morgan fingerprint density at radius 2 is 1.89 bits per heavy atom. The Bertz CT molecular complexity index is 1010. The van der Waals surface area contributed by atoms with Crippen LogP contribution in [-0.2, 0) is 11.2 Å². The van der Waals surface area contributed by atoms with Crippen molar-refractivity contribution in [2.24, 2.45) is 0 Å². The number of ketones is 1. The summed E-state index contributed by atoms with van der Waals surface area (Å²) in [5.74, 6) is 0.596. The predicted molar refractivity (Wildman–Crippen MR) is 98.5 cm³/mol. The Morgan fingerprint density at radius 1 is 1.15 bits per heavy atom. The van der Waals surface area contributed by atoms with Crippen LogP contribution in [0.2, 0.25) is 0 Å². The fourth-order valence-electron chi connectivity index (χ4n) is 2.89. The van der Waals surface area contributed by atoms with Gasteiger partial charge >= 0.3 is 0 Å². The molecule has 1 aromatic heterocycles. The molecular weight excluding hydrogens is 346 g/mol. The van der Waals surface area contributed by atoms with Crippen molar-refractivity contribution in [1.29, 1.82) is 0 Å². The molecule has 2 aromatic carbocycles. The van der Waals surface area contributed by atoms with Crippen molar-refractivity contribution >= 4 is 17.4 Å². The summed E-state index contributed by atoms with van der Waals surface area (Å²) in [4.78, 5) is 24.4. The highest BCUT2D eigenvalue weighted by molar-refractivity contribution is 6.04. The topological polar surface area (TPSA) is 82.5 Å². The van der Waals surface area contributed by atoms with Crippen molar-refractivity contribution in [1.82, 2.24) is 9.78 Å². The van der Waals surface area contributed by atoms with Gasteiger partial charge in [0.05, 0.1) is 24.0 Å². The molecule has 0 aliphatic carbocycles. The summed E-state index contributed by atoms with van der Waals surface area (Å²) in [6, 6.07) is 12.8. The fraction of sp³-hybridized carbons (Fsp3) is 0.150. The van der Waals surface area contributed by atoms with Crippen molar-refractivity contribution in [3.8, 4) is 17.2 Å². The van der Waals surface area contributed by atoms with Crippen LogP contribution >= 0.6 is 0 Å². The molecule has 1 aliphatic heterocycles. The molecule has 3 aromatic rings. The lowest BCUT2D eigenvalue weighted by atomic mass is 10.1. The zero-order valence-corrected chi connectivity index (χ0v) is 14.6. The summed E-state index contributed by atoms with van der Waals surface area (Å²) in [5, 5.41) is 7.07. The van der Waals surface area contributed by atoms with Crippen molar-refractivity contribution in [3.05, 3.63) is 66.0 Å². The van der Waals surface area contributed by atoms with Crippen LogP contribution in [0.3, 0.4) is 0 Å². The molecule has 0 atom stereocenters. The number of fused-ring (bicyclic) bond motifs is 1. The normalized spacial score (nSPS) is 12.0. The maximum atomic E-state index is 12.5. The number of benzene rings is 2. The molecule has 2 heterocycles. The second-order valence-corrected chi connectivity index (χ2v) is 6.16. The lowest BCUT2D eigenvalue weighted by Gasteiger charge is -2.10. The minimum atomic E-state index is -0.246. The molecule has 136 valence electrons. The summed E-state index contributed by atoms with van der Waals surface area (Å²) >= 11 is 0. The van der Waals surface area contributed by atoms with Gasteiger partial charge in [-0.2, -0.15) is 5.10 Å². The molecule has 4 rings (SSSR count). The van der Waals surface area contributed by atoms with Crippen molar-refractivity contribution in [2.45, 2.75) is 13.3 Å². The predicted octanol–water partition coefficient (Wildman–Crippen LogP) is 2.98. The van der Waals surface area contributed by atoms with Crippen LogP contribution in [0.4, 0.5) is 5.69 Å². The Hall–Kier alpha value is -3.61. The van der Waals surface area contributed by atoms with Gasteiger partial charge in [-0.05, 0) is 30.7 Å². The summed E-state index contributed by atoms with van der Waals surface area (Å²) in [6.07, 6.45) is 3.59. The number of aromatic nitrogens is 2. The lowest BCUT2D eigenvalue weighted by molar-refractivity contribution is -0.115. The second kappa shape index (κ2) is 6.95. The number of ether oxygens (including phenoxy) is 2. The number of nitrogens with one attached hydrogen (secondary N) is 1. The maximum Gasteiger partial charge on any atom is 0.231 e. The van der Waals surface area contributed by atoms with Gasteiger partial charge in [-0.15, -0.1) is 0 Å².